The van der Waals surface area contributed by atoms with Gasteiger partial charge in [-0.3, -0.25) is 4.98 Å². The number of rotatable bonds is 1. The summed E-state index contributed by atoms with van der Waals surface area (Å²) in [4.78, 5) is 8.86. The maximum Gasteiger partial charge on any atom is 0.166 e. The second-order valence-electron chi connectivity index (χ2n) is 4.13. The lowest BCUT2D eigenvalue weighted by Crippen LogP contribution is -1.94. The lowest BCUT2D eigenvalue weighted by atomic mass is 10.1. The molecule has 0 N–H and O–H groups in total. The minimum atomic E-state index is 0.558. The van der Waals surface area contributed by atoms with Gasteiger partial charge in [0.2, 0.25) is 0 Å². The molecule has 4 nitrogen and oxygen atoms in total. The molecule has 0 aromatic carbocycles. The molecule has 3 aromatic rings. The van der Waals surface area contributed by atoms with Crippen LogP contribution in [0.15, 0.2) is 30.5 Å². The molecule has 0 atom stereocenters. The van der Waals surface area contributed by atoms with Gasteiger partial charge in [0.25, 0.3) is 0 Å². The van der Waals surface area contributed by atoms with Crippen LogP contribution in [0.4, 0.5) is 0 Å². The molecule has 3 rings (SSSR count). The van der Waals surface area contributed by atoms with Crippen LogP contribution in [0, 0.1) is 13.8 Å². The number of pyridine rings is 1. The molecular formula is C13H11ClN4. The second kappa shape index (κ2) is 4.07. The van der Waals surface area contributed by atoms with Gasteiger partial charge < -0.3 is 0 Å². The second-order valence-corrected chi connectivity index (χ2v) is 4.52. The predicted molar refractivity (Wildman–Crippen MR) is 70.7 cm³/mol. The zero-order valence-electron chi connectivity index (χ0n) is 10.1. The van der Waals surface area contributed by atoms with Crippen LogP contribution in [-0.4, -0.2) is 19.6 Å². The minimum Gasteiger partial charge on any atom is -0.256 e. The Hall–Kier alpha value is -1.94. The average molecular weight is 259 g/mol. The highest BCUT2D eigenvalue weighted by Crippen LogP contribution is 2.27. The first-order valence-electron chi connectivity index (χ1n) is 5.60. The first-order chi connectivity index (χ1) is 8.66. The van der Waals surface area contributed by atoms with Crippen molar-refractivity contribution in [1.29, 1.82) is 0 Å². The van der Waals surface area contributed by atoms with Crippen LogP contribution in [-0.2, 0) is 0 Å². The van der Waals surface area contributed by atoms with Crippen LogP contribution in [0.5, 0.6) is 0 Å². The highest BCUT2D eigenvalue weighted by Gasteiger charge is 2.15. The lowest BCUT2D eigenvalue weighted by molar-refractivity contribution is 0.910. The Morgan fingerprint density at radius 1 is 1.22 bits per heavy atom. The molecule has 0 amide bonds. The maximum absolute atomic E-state index is 6.18. The van der Waals surface area contributed by atoms with E-state index in [9.17, 15) is 0 Å². The van der Waals surface area contributed by atoms with Gasteiger partial charge in [-0.1, -0.05) is 17.7 Å². The predicted octanol–water partition coefficient (Wildman–Crippen LogP) is 3.06. The van der Waals surface area contributed by atoms with Crippen molar-refractivity contribution in [2.45, 2.75) is 13.8 Å². The lowest BCUT2D eigenvalue weighted by Gasteiger charge is -2.01. The first-order valence-corrected chi connectivity index (χ1v) is 5.98. The van der Waals surface area contributed by atoms with Gasteiger partial charge in [-0.25, -0.2) is 9.50 Å². The van der Waals surface area contributed by atoms with E-state index in [2.05, 4.69) is 15.1 Å². The van der Waals surface area contributed by atoms with E-state index in [1.54, 1.807) is 16.8 Å². The summed E-state index contributed by atoms with van der Waals surface area (Å²) in [5.74, 6) is 0. The molecule has 0 aliphatic rings. The van der Waals surface area contributed by atoms with E-state index >= 15 is 0 Å². The molecule has 0 aliphatic carbocycles. The zero-order chi connectivity index (χ0) is 12.7. The summed E-state index contributed by atoms with van der Waals surface area (Å²) >= 11 is 6.18. The Labute approximate surface area is 109 Å². The summed E-state index contributed by atoms with van der Waals surface area (Å²) in [6.07, 6.45) is 1.76. The third kappa shape index (κ3) is 1.66. The average Bonchev–Trinajstić information content (AvgIpc) is 2.67. The van der Waals surface area contributed by atoms with Gasteiger partial charge >= 0.3 is 0 Å². The zero-order valence-corrected chi connectivity index (χ0v) is 10.8. The highest BCUT2D eigenvalue weighted by atomic mass is 35.5. The van der Waals surface area contributed by atoms with E-state index in [-0.39, 0.29) is 0 Å². The van der Waals surface area contributed by atoms with Crippen LogP contribution < -0.4 is 0 Å². The molecule has 0 saturated heterocycles. The van der Waals surface area contributed by atoms with Gasteiger partial charge in [-0.05, 0) is 32.0 Å². The number of aryl methyl sites for hydroxylation is 2. The quantitative estimate of drug-likeness (QED) is 0.630. The summed E-state index contributed by atoms with van der Waals surface area (Å²) in [5.41, 5.74) is 4.27. The van der Waals surface area contributed by atoms with Crippen molar-refractivity contribution in [2.75, 3.05) is 0 Å². The molecule has 5 heteroatoms. The van der Waals surface area contributed by atoms with Crippen molar-refractivity contribution in [3.63, 3.8) is 0 Å². The Balaban J connectivity index is 2.39. The Morgan fingerprint density at radius 3 is 2.78 bits per heavy atom. The highest BCUT2D eigenvalue weighted by molar-refractivity contribution is 6.29. The van der Waals surface area contributed by atoms with Crippen molar-refractivity contribution in [1.82, 2.24) is 19.6 Å². The summed E-state index contributed by atoms with van der Waals surface area (Å²) in [5, 5.41) is 4.97. The smallest absolute Gasteiger partial charge is 0.166 e. The van der Waals surface area contributed by atoms with Crippen LogP contribution >= 0.6 is 11.6 Å². The first kappa shape index (κ1) is 11.2. The molecule has 0 aliphatic heterocycles. The molecule has 0 unspecified atom stereocenters. The summed E-state index contributed by atoms with van der Waals surface area (Å²) < 4.78 is 1.65. The topological polar surface area (TPSA) is 43.1 Å². The number of nitrogens with zero attached hydrogens (tertiary/aromatic N) is 4. The van der Waals surface area contributed by atoms with E-state index in [0.29, 0.717) is 5.15 Å². The normalized spacial score (nSPS) is 11.1. The van der Waals surface area contributed by atoms with Gasteiger partial charge in [-0.2, -0.15) is 5.10 Å². The number of aromatic nitrogens is 4. The molecule has 0 radical (unpaired) electrons. The minimum absolute atomic E-state index is 0.558. The fourth-order valence-electron chi connectivity index (χ4n) is 2.01. The Kier molecular flexibility index (Phi) is 2.52. The largest absolute Gasteiger partial charge is 0.256 e. The van der Waals surface area contributed by atoms with E-state index in [1.807, 2.05) is 32.0 Å². The third-order valence-electron chi connectivity index (χ3n) is 2.77. The summed E-state index contributed by atoms with van der Waals surface area (Å²) in [6.45, 7) is 3.85. The molecule has 18 heavy (non-hydrogen) atoms. The van der Waals surface area contributed by atoms with Gasteiger partial charge in [0.15, 0.2) is 5.65 Å². The monoisotopic (exact) mass is 258 g/mol. The number of hydrogen-bond donors (Lipinski definition) is 0. The van der Waals surface area contributed by atoms with Crippen molar-refractivity contribution in [3.8, 4) is 11.3 Å². The molecule has 90 valence electrons. The fraction of sp³-hybridized carbons (Fsp3) is 0.154. The van der Waals surface area contributed by atoms with Crippen LogP contribution in [0.25, 0.3) is 16.9 Å². The van der Waals surface area contributed by atoms with Crippen LogP contribution in [0.3, 0.4) is 0 Å². The maximum atomic E-state index is 6.18. The van der Waals surface area contributed by atoms with Crippen LogP contribution in [0.1, 0.15) is 11.4 Å². The van der Waals surface area contributed by atoms with E-state index < -0.39 is 0 Å². The SMILES string of the molecule is Cc1cc(Cl)n2nc(C)c(-c3ccccn3)c2n1. The van der Waals surface area contributed by atoms with Crippen molar-refractivity contribution in [2.24, 2.45) is 0 Å². The van der Waals surface area contributed by atoms with E-state index in [0.717, 1.165) is 28.3 Å². The Morgan fingerprint density at radius 2 is 2.06 bits per heavy atom. The Bertz CT molecular complexity index is 719. The molecule has 3 aromatic heterocycles. The van der Waals surface area contributed by atoms with Crippen LogP contribution in [0.2, 0.25) is 5.15 Å². The molecule has 0 bridgehead atoms. The number of fused-ring (bicyclic) bond motifs is 1. The molecule has 0 fully saturated rings. The summed E-state index contributed by atoms with van der Waals surface area (Å²) in [6, 6.07) is 7.57. The number of halogens is 1. The van der Waals surface area contributed by atoms with Crippen molar-refractivity contribution < 1.29 is 0 Å². The van der Waals surface area contributed by atoms with Crippen molar-refractivity contribution >= 4 is 17.2 Å². The molecule has 3 heterocycles. The molecular weight excluding hydrogens is 248 g/mol. The van der Waals surface area contributed by atoms with Gasteiger partial charge in [-0.15, -0.1) is 0 Å². The van der Waals surface area contributed by atoms with E-state index in [4.69, 9.17) is 11.6 Å². The number of hydrogen-bond acceptors (Lipinski definition) is 3. The third-order valence-corrected chi connectivity index (χ3v) is 3.04. The molecule has 0 saturated carbocycles. The van der Waals surface area contributed by atoms with Gasteiger partial charge in [0.1, 0.15) is 5.15 Å². The van der Waals surface area contributed by atoms with Crippen molar-refractivity contribution in [3.05, 3.63) is 47.0 Å². The fourth-order valence-corrected chi connectivity index (χ4v) is 2.29. The van der Waals surface area contributed by atoms with Gasteiger partial charge in [0.05, 0.1) is 17.0 Å². The van der Waals surface area contributed by atoms with Gasteiger partial charge in [0, 0.05) is 11.9 Å². The summed E-state index contributed by atoms with van der Waals surface area (Å²) in [7, 11) is 0. The van der Waals surface area contributed by atoms with E-state index in [1.165, 1.54) is 0 Å². The standard InChI is InChI=1S/C13H11ClN4/c1-8-7-11(14)18-13(16-8)12(9(2)17-18)10-5-3-4-6-15-10/h3-7H,1-2H3. The molecule has 0 spiro atoms.